The first-order valence-electron chi connectivity index (χ1n) is 10.4. The summed E-state index contributed by atoms with van der Waals surface area (Å²) < 4.78 is 0. The summed E-state index contributed by atoms with van der Waals surface area (Å²) in [4.78, 5) is 17.9. The largest absolute Gasteiger partial charge is 0.385 e. The van der Waals surface area contributed by atoms with Gasteiger partial charge in [-0.15, -0.1) is 0 Å². The van der Waals surface area contributed by atoms with Gasteiger partial charge in [0, 0.05) is 43.3 Å². The molecule has 4 rings (SSSR count). The molecule has 1 fully saturated rings. The van der Waals surface area contributed by atoms with Gasteiger partial charge in [-0.3, -0.25) is 4.79 Å². The Bertz CT molecular complexity index is 969. The number of H-pyrrole nitrogens is 1. The molecule has 0 atom stereocenters. The van der Waals surface area contributed by atoms with Crippen molar-refractivity contribution in [2.24, 2.45) is 0 Å². The topological polar surface area (TPSA) is 68.4 Å². The second kappa shape index (κ2) is 8.39. The quantitative estimate of drug-likeness (QED) is 0.605. The molecule has 3 N–H and O–H groups in total. The first kappa shape index (κ1) is 19.7. The maximum Gasteiger partial charge on any atom is 0.224 e. The molecule has 1 saturated heterocycles. The second-order valence-corrected chi connectivity index (χ2v) is 8.13. The van der Waals surface area contributed by atoms with Crippen LogP contribution in [0.1, 0.15) is 29.5 Å². The van der Waals surface area contributed by atoms with Crippen LogP contribution in [-0.4, -0.2) is 47.1 Å². The number of rotatable bonds is 6. The standard InChI is InChI=1S/C24H29N3O2/c1-18-6-8-20(9-7-18)24(29)10-13-27(14-11-24)15-12-25-23(28)16-19-17-26-22-5-3-2-4-21(19)22/h2-9,17,26,29H,10-16H2,1H3,(H,25,28). The first-order chi connectivity index (χ1) is 14.0. The summed E-state index contributed by atoms with van der Waals surface area (Å²) in [6.07, 6.45) is 3.75. The molecule has 152 valence electrons. The molecule has 1 amide bonds. The van der Waals surface area contributed by atoms with E-state index in [4.69, 9.17) is 0 Å². The lowest BCUT2D eigenvalue weighted by Crippen LogP contribution is -2.45. The molecule has 1 aliphatic heterocycles. The van der Waals surface area contributed by atoms with Crippen LogP contribution in [0.2, 0.25) is 0 Å². The van der Waals surface area contributed by atoms with Crippen LogP contribution >= 0.6 is 0 Å². The Morgan fingerprint density at radius 2 is 1.86 bits per heavy atom. The fraction of sp³-hybridized carbons (Fsp3) is 0.375. The highest BCUT2D eigenvalue weighted by Gasteiger charge is 2.33. The van der Waals surface area contributed by atoms with Gasteiger partial charge in [-0.1, -0.05) is 48.0 Å². The Hall–Kier alpha value is -2.63. The van der Waals surface area contributed by atoms with Crippen molar-refractivity contribution in [3.63, 3.8) is 0 Å². The van der Waals surface area contributed by atoms with Gasteiger partial charge >= 0.3 is 0 Å². The average molecular weight is 392 g/mol. The zero-order chi connectivity index (χ0) is 20.3. The predicted molar refractivity (Wildman–Crippen MR) is 116 cm³/mol. The number of aliphatic hydroxyl groups is 1. The zero-order valence-electron chi connectivity index (χ0n) is 16.9. The summed E-state index contributed by atoms with van der Waals surface area (Å²) in [6, 6.07) is 16.2. The predicted octanol–water partition coefficient (Wildman–Crippen LogP) is 3.12. The third kappa shape index (κ3) is 4.52. The van der Waals surface area contributed by atoms with Gasteiger partial charge in [0.15, 0.2) is 0 Å². The Morgan fingerprint density at radius 1 is 1.14 bits per heavy atom. The van der Waals surface area contributed by atoms with Crippen molar-refractivity contribution < 1.29 is 9.90 Å². The van der Waals surface area contributed by atoms with Crippen molar-refractivity contribution in [3.05, 3.63) is 71.4 Å². The van der Waals surface area contributed by atoms with E-state index in [2.05, 4.69) is 34.3 Å². The fourth-order valence-electron chi connectivity index (χ4n) is 4.17. The Labute approximate surface area is 171 Å². The number of hydrogen-bond donors (Lipinski definition) is 3. The van der Waals surface area contributed by atoms with Crippen molar-refractivity contribution in [2.45, 2.75) is 31.8 Å². The maximum absolute atomic E-state index is 12.3. The van der Waals surface area contributed by atoms with E-state index < -0.39 is 5.60 Å². The van der Waals surface area contributed by atoms with Gasteiger partial charge in [-0.05, 0) is 37.0 Å². The number of benzene rings is 2. The number of amides is 1. The molecule has 1 aromatic heterocycles. The van der Waals surface area contributed by atoms with Crippen molar-refractivity contribution in [1.82, 2.24) is 15.2 Å². The second-order valence-electron chi connectivity index (χ2n) is 8.13. The van der Waals surface area contributed by atoms with E-state index in [9.17, 15) is 9.90 Å². The number of aromatic amines is 1. The lowest BCUT2D eigenvalue weighted by molar-refractivity contribution is -0.120. The molecule has 0 radical (unpaired) electrons. The van der Waals surface area contributed by atoms with Gasteiger partial charge in [0.1, 0.15) is 0 Å². The number of nitrogens with one attached hydrogen (secondary N) is 2. The van der Waals surface area contributed by atoms with Crippen LogP contribution in [0.25, 0.3) is 10.9 Å². The number of likely N-dealkylation sites (tertiary alicyclic amines) is 1. The minimum absolute atomic E-state index is 0.0444. The monoisotopic (exact) mass is 391 g/mol. The van der Waals surface area contributed by atoms with Crippen molar-refractivity contribution >= 4 is 16.8 Å². The zero-order valence-corrected chi connectivity index (χ0v) is 16.9. The van der Waals surface area contributed by atoms with Crippen LogP contribution in [0.4, 0.5) is 0 Å². The Balaban J connectivity index is 1.22. The van der Waals surface area contributed by atoms with Crippen molar-refractivity contribution in [2.75, 3.05) is 26.2 Å². The van der Waals surface area contributed by atoms with Crippen LogP contribution in [0.5, 0.6) is 0 Å². The Kier molecular flexibility index (Phi) is 5.69. The highest BCUT2D eigenvalue weighted by molar-refractivity contribution is 5.88. The van der Waals surface area contributed by atoms with Gasteiger partial charge in [-0.2, -0.15) is 0 Å². The van der Waals surface area contributed by atoms with E-state index in [0.29, 0.717) is 13.0 Å². The number of para-hydroxylation sites is 1. The molecule has 0 spiro atoms. The van der Waals surface area contributed by atoms with Gasteiger partial charge in [0.05, 0.1) is 12.0 Å². The number of carbonyl (C=O) groups excluding carboxylic acids is 1. The molecule has 2 aromatic carbocycles. The lowest BCUT2D eigenvalue weighted by Gasteiger charge is -2.38. The van der Waals surface area contributed by atoms with Crippen LogP contribution in [0, 0.1) is 6.92 Å². The molecule has 5 nitrogen and oxygen atoms in total. The van der Waals surface area contributed by atoms with Crippen LogP contribution < -0.4 is 5.32 Å². The van der Waals surface area contributed by atoms with E-state index in [1.807, 2.05) is 42.6 Å². The normalized spacial score (nSPS) is 16.8. The molecular weight excluding hydrogens is 362 g/mol. The first-order valence-corrected chi connectivity index (χ1v) is 10.4. The minimum Gasteiger partial charge on any atom is -0.385 e. The number of aryl methyl sites for hydroxylation is 1. The fourth-order valence-corrected chi connectivity index (χ4v) is 4.17. The summed E-state index contributed by atoms with van der Waals surface area (Å²) in [5.74, 6) is 0.0444. The third-order valence-corrected chi connectivity index (χ3v) is 6.05. The van der Waals surface area contributed by atoms with Gasteiger partial charge in [-0.25, -0.2) is 0 Å². The summed E-state index contributed by atoms with van der Waals surface area (Å²) >= 11 is 0. The SMILES string of the molecule is Cc1ccc(C2(O)CCN(CCNC(=O)Cc3c[nH]c4ccccc34)CC2)cc1. The Morgan fingerprint density at radius 3 is 2.62 bits per heavy atom. The minimum atomic E-state index is -0.733. The highest BCUT2D eigenvalue weighted by atomic mass is 16.3. The van der Waals surface area contributed by atoms with Crippen LogP contribution in [0.15, 0.2) is 54.7 Å². The molecule has 0 bridgehead atoms. The summed E-state index contributed by atoms with van der Waals surface area (Å²) in [5.41, 5.74) is 3.57. The number of fused-ring (bicyclic) bond motifs is 1. The smallest absolute Gasteiger partial charge is 0.224 e. The van der Waals surface area contributed by atoms with Crippen LogP contribution in [-0.2, 0) is 16.8 Å². The third-order valence-electron chi connectivity index (χ3n) is 6.05. The molecule has 0 unspecified atom stereocenters. The number of hydrogen-bond acceptors (Lipinski definition) is 3. The number of aromatic nitrogens is 1. The van der Waals surface area contributed by atoms with E-state index in [1.165, 1.54) is 5.56 Å². The van der Waals surface area contributed by atoms with Gasteiger partial charge in [0.25, 0.3) is 0 Å². The number of carbonyl (C=O) groups is 1. The van der Waals surface area contributed by atoms with E-state index in [1.54, 1.807) is 0 Å². The summed E-state index contributed by atoms with van der Waals surface area (Å²) in [5, 5.41) is 15.1. The van der Waals surface area contributed by atoms with E-state index in [-0.39, 0.29) is 5.91 Å². The van der Waals surface area contributed by atoms with Crippen LogP contribution in [0.3, 0.4) is 0 Å². The number of nitrogens with zero attached hydrogens (tertiary/aromatic N) is 1. The lowest BCUT2D eigenvalue weighted by atomic mass is 9.84. The molecule has 0 saturated carbocycles. The number of piperidine rings is 1. The molecule has 2 heterocycles. The van der Waals surface area contributed by atoms with Crippen molar-refractivity contribution in [1.29, 1.82) is 0 Å². The molecule has 1 aliphatic rings. The summed E-state index contributed by atoms with van der Waals surface area (Å²) in [7, 11) is 0. The molecule has 3 aromatic rings. The molecule has 5 heteroatoms. The molecule has 29 heavy (non-hydrogen) atoms. The molecular formula is C24H29N3O2. The average Bonchev–Trinajstić information content (AvgIpc) is 3.13. The van der Waals surface area contributed by atoms with Gasteiger partial charge in [0.2, 0.25) is 5.91 Å². The van der Waals surface area contributed by atoms with Gasteiger partial charge < -0.3 is 20.3 Å². The maximum atomic E-state index is 12.3. The van der Waals surface area contributed by atoms with E-state index in [0.717, 1.165) is 54.5 Å². The summed E-state index contributed by atoms with van der Waals surface area (Å²) in [6.45, 7) is 5.17. The van der Waals surface area contributed by atoms with E-state index >= 15 is 0 Å². The highest BCUT2D eigenvalue weighted by Crippen LogP contribution is 2.32. The van der Waals surface area contributed by atoms with Crippen molar-refractivity contribution in [3.8, 4) is 0 Å². The molecule has 0 aliphatic carbocycles.